The summed E-state index contributed by atoms with van der Waals surface area (Å²) in [6, 6.07) is 8.17. The van der Waals surface area contributed by atoms with Crippen molar-refractivity contribution in [3.8, 4) is 0 Å². The Morgan fingerprint density at radius 1 is 1.24 bits per heavy atom. The number of Topliss-reactive ketones (excluding diaryl/α,β-unsaturated/α-hetero) is 1. The quantitative estimate of drug-likeness (QED) is 0.787. The van der Waals surface area contributed by atoms with Crippen LogP contribution in [-0.2, 0) is 7.05 Å². The summed E-state index contributed by atoms with van der Waals surface area (Å²) in [7, 11) is 1.96. The summed E-state index contributed by atoms with van der Waals surface area (Å²) in [5.41, 5.74) is 3.67. The fourth-order valence-electron chi connectivity index (χ4n) is 2.43. The van der Waals surface area contributed by atoms with Crippen molar-refractivity contribution in [3.63, 3.8) is 0 Å². The van der Waals surface area contributed by atoms with Crippen LogP contribution in [0.1, 0.15) is 28.7 Å². The van der Waals surface area contributed by atoms with Crippen LogP contribution in [0.25, 0.3) is 0 Å². The first-order chi connectivity index (χ1) is 9.93. The zero-order chi connectivity index (χ0) is 15.6. The van der Waals surface area contributed by atoms with Gasteiger partial charge in [0.05, 0.1) is 6.54 Å². The van der Waals surface area contributed by atoms with Crippen molar-refractivity contribution in [1.29, 1.82) is 0 Å². The SMILES string of the molecule is CCN(CC(=O)c1cc(C)n(C)c1C)c1ccc(F)cc1. The first-order valence-electron chi connectivity index (χ1n) is 7.10. The van der Waals surface area contributed by atoms with E-state index in [9.17, 15) is 9.18 Å². The van der Waals surface area contributed by atoms with E-state index in [-0.39, 0.29) is 11.6 Å². The first kappa shape index (κ1) is 15.3. The van der Waals surface area contributed by atoms with Crippen LogP contribution in [0.5, 0.6) is 0 Å². The zero-order valence-corrected chi connectivity index (χ0v) is 13.0. The molecule has 0 bridgehead atoms. The van der Waals surface area contributed by atoms with Crippen molar-refractivity contribution < 1.29 is 9.18 Å². The molecular formula is C17H21FN2O. The second kappa shape index (κ2) is 6.12. The Morgan fingerprint density at radius 2 is 1.86 bits per heavy atom. The van der Waals surface area contributed by atoms with Gasteiger partial charge in [-0.1, -0.05) is 0 Å². The number of aromatic nitrogens is 1. The van der Waals surface area contributed by atoms with Gasteiger partial charge in [-0.05, 0) is 51.1 Å². The van der Waals surface area contributed by atoms with E-state index >= 15 is 0 Å². The highest BCUT2D eigenvalue weighted by atomic mass is 19.1. The van der Waals surface area contributed by atoms with Crippen LogP contribution in [0.4, 0.5) is 10.1 Å². The average Bonchev–Trinajstić information content (AvgIpc) is 2.73. The highest BCUT2D eigenvalue weighted by Crippen LogP contribution is 2.18. The summed E-state index contributed by atoms with van der Waals surface area (Å²) in [6.45, 7) is 6.92. The molecule has 1 heterocycles. The van der Waals surface area contributed by atoms with Crippen LogP contribution < -0.4 is 4.90 Å². The van der Waals surface area contributed by atoms with E-state index in [0.717, 1.165) is 22.6 Å². The summed E-state index contributed by atoms with van der Waals surface area (Å²) in [6.07, 6.45) is 0. The number of hydrogen-bond donors (Lipinski definition) is 0. The molecule has 0 aliphatic heterocycles. The van der Waals surface area contributed by atoms with E-state index in [1.807, 2.05) is 43.4 Å². The molecule has 0 atom stereocenters. The zero-order valence-electron chi connectivity index (χ0n) is 13.0. The third-order valence-electron chi connectivity index (χ3n) is 3.98. The summed E-state index contributed by atoms with van der Waals surface area (Å²) >= 11 is 0. The number of rotatable bonds is 5. The van der Waals surface area contributed by atoms with E-state index in [1.54, 1.807) is 12.1 Å². The highest BCUT2D eigenvalue weighted by molar-refractivity contribution is 6.00. The van der Waals surface area contributed by atoms with Gasteiger partial charge in [-0.25, -0.2) is 4.39 Å². The molecule has 0 N–H and O–H groups in total. The number of likely N-dealkylation sites (N-methyl/N-ethyl adjacent to an activating group) is 1. The number of carbonyl (C=O) groups excluding carboxylic acids is 1. The molecule has 21 heavy (non-hydrogen) atoms. The third-order valence-corrected chi connectivity index (χ3v) is 3.98. The Kier molecular flexibility index (Phi) is 4.46. The summed E-state index contributed by atoms with van der Waals surface area (Å²) in [5.74, 6) is -0.182. The van der Waals surface area contributed by atoms with Gasteiger partial charge in [0.2, 0.25) is 0 Å². The van der Waals surface area contributed by atoms with Crippen LogP contribution >= 0.6 is 0 Å². The number of hydrogen-bond acceptors (Lipinski definition) is 2. The van der Waals surface area contributed by atoms with Gasteiger partial charge >= 0.3 is 0 Å². The van der Waals surface area contributed by atoms with Crippen molar-refractivity contribution in [2.45, 2.75) is 20.8 Å². The molecule has 0 radical (unpaired) electrons. The molecule has 0 saturated heterocycles. The van der Waals surface area contributed by atoms with Crippen molar-refractivity contribution in [1.82, 2.24) is 4.57 Å². The summed E-state index contributed by atoms with van der Waals surface area (Å²) in [4.78, 5) is 14.5. The predicted octanol–water partition coefficient (Wildman–Crippen LogP) is 3.49. The van der Waals surface area contributed by atoms with Crippen LogP contribution in [0.2, 0.25) is 0 Å². The lowest BCUT2D eigenvalue weighted by Crippen LogP contribution is -2.29. The summed E-state index contributed by atoms with van der Waals surface area (Å²) in [5, 5.41) is 0. The molecule has 4 heteroatoms. The minimum atomic E-state index is -0.268. The second-order valence-electron chi connectivity index (χ2n) is 5.26. The maximum atomic E-state index is 13.0. The monoisotopic (exact) mass is 288 g/mol. The van der Waals surface area contributed by atoms with Crippen molar-refractivity contribution in [3.05, 3.63) is 53.1 Å². The first-order valence-corrected chi connectivity index (χ1v) is 7.10. The van der Waals surface area contributed by atoms with Gasteiger partial charge in [0.25, 0.3) is 0 Å². The number of halogens is 1. The van der Waals surface area contributed by atoms with Crippen molar-refractivity contribution >= 4 is 11.5 Å². The number of ketones is 1. The average molecular weight is 288 g/mol. The lowest BCUT2D eigenvalue weighted by Gasteiger charge is -2.22. The van der Waals surface area contributed by atoms with Crippen LogP contribution in [0.15, 0.2) is 30.3 Å². The Balaban J connectivity index is 2.20. The van der Waals surface area contributed by atoms with Crippen molar-refractivity contribution in [2.24, 2.45) is 7.05 Å². The molecule has 1 aromatic carbocycles. The molecule has 0 aliphatic carbocycles. The Morgan fingerprint density at radius 3 is 2.33 bits per heavy atom. The molecule has 0 amide bonds. The van der Waals surface area contributed by atoms with E-state index < -0.39 is 0 Å². The maximum absolute atomic E-state index is 13.0. The third kappa shape index (κ3) is 3.15. The molecule has 0 fully saturated rings. The number of benzene rings is 1. The number of aryl methyl sites for hydroxylation is 1. The van der Waals surface area contributed by atoms with Crippen LogP contribution in [0.3, 0.4) is 0 Å². The Labute approximate surface area is 125 Å². The maximum Gasteiger partial charge on any atom is 0.183 e. The van der Waals surface area contributed by atoms with Gasteiger partial charge in [0, 0.05) is 36.2 Å². The standard InChI is InChI=1S/C17H21FN2O/c1-5-20(15-8-6-14(18)7-9-15)11-17(21)16-10-12(2)19(4)13(16)3/h6-10H,5,11H2,1-4H3. The lowest BCUT2D eigenvalue weighted by atomic mass is 10.1. The van der Waals surface area contributed by atoms with Gasteiger partial charge in [-0.3, -0.25) is 4.79 Å². The molecule has 2 rings (SSSR count). The molecule has 2 aromatic rings. The van der Waals surface area contributed by atoms with E-state index in [4.69, 9.17) is 0 Å². The van der Waals surface area contributed by atoms with E-state index in [2.05, 4.69) is 0 Å². The minimum absolute atomic E-state index is 0.0855. The second-order valence-corrected chi connectivity index (χ2v) is 5.26. The molecule has 3 nitrogen and oxygen atoms in total. The van der Waals surface area contributed by atoms with E-state index in [0.29, 0.717) is 13.1 Å². The topological polar surface area (TPSA) is 25.2 Å². The molecule has 112 valence electrons. The summed E-state index contributed by atoms with van der Waals surface area (Å²) < 4.78 is 15.0. The minimum Gasteiger partial charge on any atom is -0.364 e. The lowest BCUT2D eigenvalue weighted by molar-refractivity contribution is 0.0998. The van der Waals surface area contributed by atoms with Gasteiger partial charge in [-0.15, -0.1) is 0 Å². The Bertz CT molecular complexity index is 644. The van der Waals surface area contributed by atoms with Gasteiger partial charge < -0.3 is 9.47 Å². The molecule has 0 aliphatic rings. The van der Waals surface area contributed by atoms with Gasteiger partial charge in [0.1, 0.15) is 5.82 Å². The van der Waals surface area contributed by atoms with Crippen LogP contribution in [0, 0.1) is 19.7 Å². The van der Waals surface area contributed by atoms with Gasteiger partial charge in [-0.2, -0.15) is 0 Å². The van der Waals surface area contributed by atoms with Gasteiger partial charge in [0.15, 0.2) is 5.78 Å². The molecule has 0 saturated carbocycles. The van der Waals surface area contributed by atoms with Crippen molar-refractivity contribution in [2.75, 3.05) is 18.0 Å². The highest BCUT2D eigenvalue weighted by Gasteiger charge is 2.17. The number of nitrogens with zero attached hydrogens (tertiary/aromatic N) is 2. The Hall–Kier alpha value is -2.10. The molecule has 1 aromatic heterocycles. The molecule has 0 unspecified atom stereocenters. The largest absolute Gasteiger partial charge is 0.364 e. The normalized spacial score (nSPS) is 10.7. The number of anilines is 1. The fourth-order valence-corrected chi connectivity index (χ4v) is 2.43. The predicted molar refractivity (Wildman–Crippen MR) is 83.5 cm³/mol. The fraction of sp³-hybridized carbons (Fsp3) is 0.353. The smallest absolute Gasteiger partial charge is 0.183 e. The number of carbonyl (C=O) groups is 1. The van der Waals surface area contributed by atoms with Crippen LogP contribution in [-0.4, -0.2) is 23.4 Å². The van der Waals surface area contributed by atoms with E-state index in [1.165, 1.54) is 12.1 Å². The molecule has 0 spiro atoms. The molecular weight excluding hydrogens is 267 g/mol.